The number of ether oxygens (including phenoxy) is 1. The number of hydrogen-bond donors (Lipinski definition) is 0. The van der Waals surface area contributed by atoms with Gasteiger partial charge in [0.15, 0.2) is 5.60 Å². The van der Waals surface area contributed by atoms with Gasteiger partial charge < -0.3 is 4.74 Å². The molecule has 130 valence electrons. The molecule has 0 aromatic heterocycles. The third-order valence-electron chi connectivity index (χ3n) is 4.12. The van der Waals surface area contributed by atoms with Gasteiger partial charge in [0.1, 0.15) is 0 Å². The van der Waals surface area contributed by atoms with Crippen molar-refractivity contribution in [2.75, 3.05) is 7.11 Å². The van der Waals surface area contributed by atoms with E-state index < -0.39 is 35.2 Å². The highest BCUT2D eigenvalue weighted by molar-refractivity contribution is 5.79. The second kappa shape index (κ2) is 6.00. The van der Waals surface area contributed by atoms with Gasteiger partial charge in [0.05, 0.1) is 13.5 Å². The molecule has 0 radical (unpaired) electrons. The largest absolute Gasteiger partial charge is 0.467 e. The minimum Gasteiger partial charge on any atom is -0.467 e. The first-order valence-corrected chi connectivity index (χ1v) is 7.38. The maximum absolute atomic E-state index is 12.9. The number of carbonyl (C=O) groups excluding carboxylic acids is 1. The predicted molar refractivity (Wildman–Crippen MR) is 76.0 cm³/mol. The lowest BCUT2D eigenvalue weighted by Gasteiger charge is -2.53. The standard InChI is InChI=1S/C15H26F3NO3/c1-12(2)8-7-9-13(3,4)19(12)22-14(5,11(20)21-6)10-15(16,17)18/h7-10H2,1-6H3. The minimum atomic E-state index is -4.53. The molecule has 1 rings (SSSR count). The number of halogens is 3. The van der Waals surface area contributed by atoms with Gasteiger partial charge in [-0.1, -0.05) is 0 Å². The number of methoxy groups -OCH3 is 1. The van der Waals surface area contributed by atoms with Crippen LogP contribution in [0.25, 0.3) is 0 Å². The van der Waals surface area contributed by atoms with Crippen LogP contribution in [0.4, 0.5) is 13.2 Å². The average molecular weight is 325 g/mol. The smallest absolute Gasteiger partial charge is 0.392 e. The summed E-state index contributed by atoms with van der Waals surface area (Å²) in [5.41, 5.74) is -3.04. The number of esters is 1. The lowest BCUT2D eigenvalue weighted by Crippen LogP contribution is -2.62. The van der Waals surface area contributed by atoms with E-state index in [0.29, 0.717) is 0 Å². The molecule has 1 aliphatic heterocycles. The Morgan fingerprint density at radius 2 is 1.59 bits per heavy atom. The molecule has 0 aromatic carbocycles. The SMILES string of the molecule is COC(=O)C(C)(CC(F)(F)F)ON1C(C)(C)CCCC1(C)C. The Hall–Kier alpha value is -0.820. The third kappa shape index (κ3) is 4.35. The quantitative estimate of drug-likeness (QED) is 0.736. The molecule has 0 spiro atoms. The van der Waals surface area contributed by atoms with Crippen LogP contribution >= 0.6 is 0 Å². The monoisotopic (exact) mass is 325 g/mol. The maximum atomic E-state index is 12.9. The summed E-state index contributed by atoms with van der Waals surface area (Å²) in [7, 11) is 1.06. The topological polar surface area (TPSA) is 38.8 Å². The summed E-state index contributed by atoms with van der Waals surface area (Å²) in [5.74, 6) is -1.03. The van der Waals surface area contributed by atoms with Gasteiger partial charge in [-0.15, -0.1) is 0 Å². The molecule has 0 bridgehead atoms. The summed E-state index contributed by atoms with van der Waals surface area (Å²) in [6, 6.07) is 0. The van der Waals surface area contributed by atoms with Crippen LogP contribution in [0.3, 0.4) is 0 Å². The second-order valence-corrected chi connectivity index (χ2v) is 7.38. The van der Waals surface area contributed by atoms with E-state index in [9.17, 15) is 18.0 Å². The van der Waals surface area contributed by atoms with Crippen LogP contribution in [0, 0.1) is 0 Å². The van der Waals surface area contributed by atoms with Crippen LogP contribution in [0.1, 0.15) is 60.3 Å². The van der Waals surface area contributed by atoms with Gasteiger partial charge in [0, 0.05) is 11.1 Å². The van der Waals surface area contributed by atoms with Crippen molar-refractivity contribution in [3.05, 3.63) is 0 Å². The molecular formula is C15H26F3NO3. The molecular weight excluding hydrogens is 299 g/mol. The number of hydrogen-bond acceptors (Lipinski definition) is 4. The Balaban J connectivity index is 3.13. The number of rotatable bonds is 4. The van der Waals surface area contributed by atoms with Crippen molar-refractivity contribution < 1.29 is 27.5 Å². The number of carbonyl (C=O) groups is 1. The molecule has 0 aromatic rings. The Morgan fingerprint density at radius 1 is 1.14 bits per heavy atom. The zero-order chi connectivity index (χ0) is 17.4. The molecule has 1 unspecified atom stereocenters. The van der Waals surface area contributed by atoms with Gasteiger partial charge >= 0.3 is 12.1 Å². The molecule has 1 saturated heterocycles. The molecule has 4 nitrogen and oxygen atoms in total. The summed E-state index contributed by atoms with van der Waals surface area (Å²) in [6.07, 6.45) is -3.42. The fraction of sp³-hybridized carbons (Fsp3) is 0.933. The van der Waals surface area contributed by atoms with Crippen molar-refractivity contribution >= 4 is 5.97 Å². The molecule has 7 heteroatoms. The van der Waals surface area contributed by atoms with Crippen molar-refractivity contribution in [3.63, 3.8) is 0 Å². The van der Waals surface area contributed by atoms with Gasteiger partial charge in [0.2, 0.25) is 0 Å². The highest BCUT2D eigenvalue weighted by Gasteiger charge is 2.52. The van der Waals surface area contributed by atoms with E-state index in [-0.39, 0.29) is 0 Å². The van der Waals surface area contributed by atoms with Crippen LogP contribution in [-0.4, -0.2) is 41.0 Å². The minimum absolute atomic E-state index is 0.470. The molecule has 0 saturated carbocycles. The number of piperidine rings is 1. The fourth-order valence-corrected chi connectivity index (χ4v) is 3.16. The van der Waals surface area contributed by atoms with Crippen LogP contribution in [-0.2, 0) is 14.4 Å². The molecule has 1 atom stereocenters. The van der Waals surface area contributed by atoms with Crippen LogP contribution < -0.4 is 0 Å². The zero-order valence-corrected chi connectivity index (χ0v) is 14.1. The molecule has 22 heavy (non-hydrogen) atoms. The summed E-state index contributed by atoms with van der Waals surface area (Å²) in [5, 5.41) is 1.55. The fourth-order valence-electron chi connectivity index (χ4n) is 3.16. The molecule has 0 aliphatic carbocycles. The summed E-state index contributed by atoms with van der Waals surface area (Å²) in [4.78, 5) is 17.6. The Labute approximate surface area is 129 Å². The van der Waals surface area contributed by atoms with E-state index in [0.717, 1.165) is 33.3 Å². The Kier molecular flexibility index (Phi) is 5.24. The first kappa shape index (κ1) is 19.2. The van der Waals surface area contributed by atoms with E-state index in [2.05, 4.69) is 4.74 Å². The predicted octanol–water partition coefficient (Wildman–Crippen LogP) is 3.85. The van der Waals surface area contributed by atoms with Gasteiger partial charge in [-0.25, -0.2) is 4.79 Å². The van der Waals surface area contributed by atoms with E-state index in [1.807, 2.05) is 27.7 Å². The van der Waals surface area contributed by atoms with Crippen molar-refractivity contribution in [1.29, 1.82) is 0 Å². The van der Waals surface area contributed by atoms with Crippen molar-refractivity contribution in [2.24, 2.45) is 0 Å². The summed E-state index contributed by atoms with van der Waals surface area (Å²) >= 11 is 0. The van der Waals surface area contributed by atoms with Crippen LogP contribution in [0.5, 0.6) is 0 Å². The average Bonchev–Trinajstić information content (AvgIpc) is 2.30. The highest BCUT2D eigenvalue weighted by Crippen LogP contribution is 2.42. The maximum Gasteiger partial charge on any atom is 0.392 e. The van der Waals surface area contributed by atoms with Crippen molar-refractivity contribution in [1.82, 2.24) is 5.06 Å². The van der Waals surface area contributed by atoms with E-state index >= 15 is 0 Å². The Morgan fingerprint density at radius 3 is 1.95 bits per heavy atom. The van der Waals surface area contributed by atoms with Crippen LogP contribution in [0.2, 0.25) is 0 Å². The zero-order valence-electron chi connectivity index (χ0n) is 14.1. The second-order valence-electron chi connectivity index (χ2n) is 7.38. The Bertz CT molecular complexity index is 405. The summed E-state index contributed by atoms with van der Waals surface area (Å²) in [6.45, 7) is 8.74. The van der Waals surface area contributed by atoms with Crippen molar-refractivity contribution in [2.45, 2.75) is 83.2 Å². The molecule has 0 amide bonds. The number of hydroxylamine groups is 2. The van der Waals surface area contributed by atoms with E-state index in [1.54, 1.807) is 5.06 Å². The first-order chi connectivity index (χ1) is 9.73. The lowest BCUT2D eigenvalue weighted by atomic mass is 9.82. The van der Waals surface area contributed by atoms with Gasteiger partial charge in [-0.2, -0.15) is 18.2 Å². The van der Waals surface area contributed by atoms with Gasteiger partial charge in [-0.3, -0.25) is 4.84 Å². The third-order valence-corrected chi connectivity index (χ3v) is 4.12. The molecule has 1 fully saturated rings. The number of alkyl halides is 3. The van der Waals surface area contributed by atoms with Gasteiger partial charge in [-0.05, 0) is 53.9 Å². The van der Waals surface area contributed by atoms with E-state index in [4.69, 9.17) is 4.84 Å². The first-order valence-electron chi connectivity index (χ1n) is 7.38. The molecule has 1 aliphatic rings. The molecule has 1 heterocycles. The van der Waals surface area contributed by atoms with E-state index in [1.165, 1.54) is 0 Å². The number of nitrogens with zero attached hydrogens (tertiary/aromatic N) is 1. The van der Waals surface area contributed by atoms with Crippen molar-refractivity contribution in [3.8, 4) is 0 Å². The molecule has 0 N–H and O–H groups in total. The lowest BCUT2D eigenvalue weighted by molar-refractivity contribution is -0.341. The highest BCUT2D eigenvalue weighted by atomic mass is 19.4. The van der Waals surface area contributed by atoms with Crippen LogP contribution in [0.15, 0.2) is 0 Å². The summed E-state index contributed by atoms with van der Waals surface area (Å²) < 4.78 is 43.2. The normalized spacial score (nSPS) is 24.6. The van der Waals surface area contributed by atoms with Gasteiger partial charge in [0.25, 0.3) is 0 Å².